The number of aromatic nitrogens is 3. The first-order valence-electron chi connectivity index (χ1n) is 6.90. The van der Waals surface area contributed by atoms with Gasteiger partial charge in [0.1, 0.15) is 5.82 Å². The number of nitrogens with two attached hydrogens (primary N) is 1. The Kier molecular flexibility index (Phi) is 3.32. The zero-order valence-corrected chi connectivity index (χ0v) is 12.0. The van der Waals surface area contributed by atoms with Crippen LogP contribution in [0.1, 0.15) is 46.7 Å². The summed E-state index contributed by atoms with van der Waals surface area (Å²) < 4.78 is 5.43. The molecular formula is C14H17N5O2. The van der Waals surface area contributed by atoms with Gasteiger partial charge in [-0.25, -0.2) is 4.98 Å². The van der Waals surface area contributed by atoms with Gasteiger partial charge in [0.05, 0.1) is 17.4 Å². The van der Waals surface area contributed by atoms with Gasteiger partial charge in [0, 0.05) is 13.5 Å². The smallest absolute Gasteiger partial charge is 0.292 e. The third kappa shape index (κ3) is 2.46. The Morgan fingerprint density at radius 1 is 1.38 bits per heavy atom. The average molecular weight is 287 g/mol. The first kappa shape index (κ1) is 13.5. The number of hydrogen-bond acceptors (Lipinski definition) is 6. The number of oxazole rings is 1. The molecule has 1 unspecified atom stereocenters. The summed E-state index contributed by atoms with van der Waals surface area (Å²) in [4.78, 5) is 18.6. The fourth-order valence-electron chi connectivity index (χ4n) is 2.71. The summed E-state index contributed by atoms with van der Waals surface area (Å²) in [7, 11) is 0. The van der Waals surface area contributed by atoms with E-state index < -0.39 is 0 Å². The van der Waals surface area contributed by atoms with Crippen LogP contribution in [-0.2, 0) is 0 Å². The number of amides is 1. The minimum atomic E-state index is -0.144. The van der Waals surface area contributed by atoms with E-state index in [4.69, 9.17) is 10.2 Å². The van der Waals surface area contributed by atoms with Gasteiger partial charge in [0.15, 0.2) is 5.89 Å². The fraction of sp³-hybridized carbons (Fsp3) is 0.429. The minimum absolute atomic E-state index is 0.0876. The highest BCUT2D eigenvalue weighted by molar-refractivity contribution is 5.92. The zero-order valence-electron chi connectivity index (χ0n) is 12.0. The molecule has 0 bridgehead atoms. The van der Waals surface area contributed by atoms with E-state index in [1.165, 1.54) is 0 Å². The van der Waals surface area contributed by atoms with Crippen LogP contribution in [0.5, 0.6) is 0 Å². The molecule has 21 heavy (non-hydrogen) atoms. The maximum absolute atomic E-state index is 12.7. The molecule has 1 saturated heterocycles. The van der Waals surface area contributed by atoms with Gasteiger partial charge in [0.25, 0.3) is 5.91 Å². The molecule has 2 aromatic rings. The summed E-state index contributed by atoms with van der Waals surface area (Å²) in [6.45, 7) is 4.18. The lowest BCUT2D eigenvalue weighted by Crippen LogP contribution is -2.31. The van der Waals surface area contributed by atoms with Gasteiger partial charge >= 0.3 is 0 Å². The Bertz CT molecular complexity index is 665. The molecule has 2 N–H and O–H groups in total. The number of nitrogens with zero attached hydrogens (tertiary/aromatic N) is 4. The van der Waals surface area contributed by atoms with Crippen molar-refractivity contribution in [1.29, 1.82) is 0 Å². The van der Waals surface area contributed by atoms with Crippen molar-refractivity contribution in [2.75, 3.05) is 12.3 Å². The van der Waals surface area contributed by atoms with E-state index >= 15 is 0 Å². The summed E-state index contributed by atoms with van der Waals surface area (Å²) in [6.07, 6.45) is 1.78. The summed E-state index contributed by atoms with van der Waals surface area (Å²) >= 11 is 0. The lowest BCUT2D eigenvalue weighted by Gasteiger charge is -2.23. The van der Waals surface area contributed by atoms with E-state index in [1.54, 1.807) is 24.8 Å². The van der Waals surface area contributed by atoms with Crippen LogP contribution in [0, 0.1) is 13.8 Å². The average Bonchev–Trinajstić information content (AvgIpc) is 3.05. The van der Waals surface area contributed by atoms with Gasteiger partial charge in [-0.15, -0.1) is 5.10 Å². The number of carbonyl (C=O) groups is 1. The van der Waals surface area contributed by atoms with Gasteiger partial charge < -0.3 is 15.1 Å². The van der Waals surface area contributed by atoms with E-state index in [0.717, 1.165) is 18.5 Å². The molecule has 7 nitrogen and oxygen atoms in total. The van der Waals surface area contributed by atoms with Crippen LogP contribution in [0.25, 0.3) is 0 Å². The van der Waals surface area contributed by atoms with Gasteiger partial charge in [-0.3, -0.25) is 4.79 Å². The first-order chi connectivity index (χ1) is 10.1. The monoisotopic (exact) mass is 287 g/mol. The highest BCUT2D eigenvalue weighted by Crippen LogP contribution is 2.32. The van der Waals surface area contributed by atoms with E-state index in [9.17, 15) is 4.79 Å². The molecule has 0 spiro atoms. The summed E-state index contributed by atoms with van der Waals surface area (Å²) in [5.74, 6) is 1.03. The highest BCUT2D eigenvalue weighted by Gasteiger charge is 2.34. The van der Waals surface area contributed by atoms with Gasteiger partial charge in [-0.2, -0.15) is 5.10 Å². The van der Waals surface area contributed by atoms with E-state index in [-0.39, 0.29) is 11.9 Å². The molecule has 1 fully saturated rings. The van der Waals surface area contributed by atoms with Crippen molar-refractivity contribution in [2.45, 2.75) is 32.7 Å². The number of likely N-dealkylation sites (tertiary alicyclic amines) is 1. The van der Waals surface area contributed by atoms with E-state index in [2.05, 4.69) is 15.2 Å². The largest absolute Gasteiger partial charge is 0.436 e. The quantitative estimate of drug-likeness (QED) is 0.901. The van der Waals surface area contributed by atoms with Crippen molar-refractivity contribution in [3.63, 3.8) is 0 Å². The molecule has 0 aliphatic carbocycles. The van der Waals surface area contributed by atoms with E-state index in [0.29, 0.717) is 29.7 Å². The predicted molar refractivity (Wildman–Crippen MR) is 75.4 cm³/mol. The van der Waals surface area contributed by atoms with E-state index in [1.807, 2.05) is 6.07 Å². The number of hydrogen-bond donors (Lipinski definition) is 1. The van der Waals surface area contributed by atoms with Crippen molar-refractivity contribution in [3.8, 4) is 0 Å². The summed E-state index contributed by atoms with van der Waals surface area (Å²) in [5.41, 5.74) is 6.93. The van der Waals surface area contributed by atoms with Crippen molar-refractivity contribution in [1.82, 2.24) is 20.1 Å². The number of aryl methyl sites for hydroxylation is 2. The zero-order chi connectivity index (χ0) is 15.0. The van der Waals surface area contributed by atoms with Crippen LogP contribution in [0.4, 0.5) is 5.82 Å². The fourth-order valence-corrected chi connectivity index (χ4v) is 2.71. The Morgan fingerprint density at radius 3 is 2.81 bits per heavy atom. The van der Waals surface area contributed by atoms with Crippen LogP contribution in [0.15, 0.2) is 16.5 Å². The number of nitrogen functional groups attached to an aromatic ring is 1. The van der Waals surface area contributed by atoms with Crippen molar-refractivity contribution >= 4 is 11.7 Å². The maximum atomic E-state index is 12.7. The molecule has 0 aromatic carbocycles. The number of rotatable bonds is 2. The van der Waals surface area contributed by atoms with Crippen LogP contribution in [-0.4, -0.2) is 32.5 Å². The minimum Gasteiger partial charge on any atom is -0.436 e. The number of carbonyl (C=O) groups excluding carboxylic acids is 1. The van der Waals surface area contributed by atoms with Crippen LogP contribution in [0.2, 0.25) is 0 Å². The van der Waals surface area contributed by atoms with Crippen LogP contribution in [0.3, 0.4) is 0 Å². The first-order valence-corrected chi connectivity index (χ1v) is 6.90. The molecule has 7 heteroatoms. The molecule has 110 valence electrons. The van der Waals surface area contributed by atoms with Gasteiger partial charge in [0.2, 0.25) is 5.76 Å². The van der Waals surface area contributed by atoms with Gasteiger partial charge in [-0.1, -0.05) is 0 Å². The maximum Gasteiger partial charge on any atom is 0.292 e. The Hall–Kier alpha value is -2.44. The Balaban J connectivity index is 1.88. The molecule has 1 atom stereocenters. The second-order valence-electron chi connectivity index (χ2n) is 5.19. The SMILES string of the molecule is Cc1nc(C)c(C(=O)N2CCCC2c2ccc(N)nn2)o1. The van der Waals surface area contributed by atoms with Gasteiger partial charge in [-0.05, 0) is 31.9 Å². The second kappa shape index (κ2) is 5.16. The predicted octanol–water partition coefficient (Wildman–Crippen LogP) is 1.64. The van der Waals surface area contributed by atoms with Crippen molar-refractivity contribution in [3.05, 3.63) is 35.2 Å². The molecule has 1 amide bonds. The highest BCUT2D eigenvalue weighted by atomic mass is 16.4. The molecule has 2 aromatic heterocycles. The molecule has 0 radical (unpaired) electrons. The van der Waals surface area contributed by atoms with Crippen LogP contribution >= 0.6 is 0 Å². The molecule has 1 aliphatic rings. The molecule has 3 heterocycles. The van der Waals surface area contributed by atoms with Crippen molar-refractivity contribution in [2.24, 2.45) is 0 Å². The number of anilines is 1. The summed E-state index contributed by atoms with van der Waals surface area (Å²) in [5, 5.41) is 7.97. The third-order valence-corrected chi connectivity index (χ3v) is 3.66. The summed E-state index contributed by atoms with van der Waals surface area (Å²) in [6, 6.07) is 3.43. The molecule has 0 saturated carbocycles. The van der Waals surface area contributed by atoms with Crippen molar-refractivity contribution < 1.29 is 9.21 Å². The normalized spacial score (nSPS) is 18.2. The second-order valence-corrected chi connectivity index (χ2v) is 5.19. The molecule has 3 rings (SSSR count). The standard InChI is InChI=1S/C14H17N5O2/c1-8-13(21-9(2)16-8)14(20)19-7-3-4-11(19)10-5-6-12(15)18-17-10/h5-6,11H,3-4,7H2,1-2H3,(H2,15,18). The Labute approximate surface area is 122 Å². The molecular weight excluding hydrogens is 270 g/mol. The third-order valence-electron chi connectivity index (χ3n) is 3.66. The van der Waals surface area contributed by atoms with Crippen LogP contribution < -0.4 is 5.73 Å². The Morgan fingerprint density at radius 2 is 2.19 bits per heavy atom. The lowest BCUT2D eigenvalue weighted by atomic mass is 10.1. The lowest BCUT2D eigenvalue weighted by molar-refractivity contribution is 0.0697. The molecule has 1 aliphatic heterocycles. The topological polar surface area (TPSA) is 98.1 Å².